The quantitative estimate of drug-likeness (QED) is 0.861. The molecule has 0 saturated carbocycles. The maximum atomic E-state index is 13.1. The summed E-state index contributed by atoms with van der Waals surface area (Å²) < 4.78 is 36.8. The topological polar surface area (TPSA) is 75.3 Å². The van der Waals surface area contributed by atoms with Gasteiger partial charge in [0, 0.05) is 11.4 Å². The molecule has 0 aromatic heterocycles. The molecule has 2 aromatic rings. The van der Waals surface area contributed by atoms with E-state index in [1.54, 1.807) is 44.2 Å². The average molecular weight is 350 g/mol. The first kappa shape index (κ1) is 17.9. The zero-order valence-corrected chi connectivity index (χ0v) is 14.2. The van der Waals surface area contributed by atoms with E-state index >= 15 is 0 Å². The first-order valence-corrected chi connectivity index (χ1v) is 9.12. The highest BCUT2D eigenvalue weighted by Crippen LogP contribution is 2.15. The Morgan fingerprint density at radius 1 is 1.04 bits per heavy atom. The third-order valence-electron chi connectivity index (χ3n) is 3.38. The molecule has 2 rings (SSSR count). The summed E-state index contributed by atoms with van der Waals surface area (Å²) >= 11 is 0. The van der Waals surface area contributed by atoms with Gasteiger partial charge in [0.1, 0.15) is 5.82 Å². The summed E-state index contributed by atoms with van der Waals surface area (Å²) in [6.45, 7) is 3.28. The molecule has 0 fully saturated rings. The molecule has 0 heterocycles. The summed E-state index contributed by atoms with van der Waals surface area (Å²) in [6.07, 6.45) is 0. The molecule has 0 aliphatic heterocycles. The van der Waals surface area contributed by atoms with Crippen LogP contribution in [0.15, 0.2) is 48.5 Å². The molecule has 0 spiro atoms. The van der Waals surface area contributed by atoms with E-state index < -0.39 is 26.9 Å². The lowest BCUT2D eigenvalue weighted by Gasteiger charge is -2.10. The molecular weight excluding hydrogens is 331 g/mol. The Morgan fingerprint density at radius 2 is 1.67 bits per heavy atom. The molecule has 128 valence electrons. The third kappa shape index (κ3) is 5.06. The molecule has 2 amide bonds. The van der Waals surface area contributed by atoms with Gasteiger partial charge in [0.25, 0.3) is 0 Å². The van der Waals surface area contributed by atoms with Crippen molar-refractivity contribution < 1.29 is 17.6 Å². The molecule has 2 aromatic carbocycles. The van der Waals surface area contributed by atoms with Crippen molar-refractivity contribution in [3.8, 4) is 0 Å². The second-order valence-corrected chi connectivity index (χ2v) is 8.20. The van der Waals surface area contributed by atoms with Crippen LogP contribution in [0.4, 0.5) is 20.6 Å². The van der Waals surface area contributed by atoms with E-state index in [1.807, 2.05) is 0 Å². The second-order valence-electron chi connectivity index (χ2n) is 5.64. The number of anilines is 2. The van der Waals surface area contributed by atoms with Crippen LogP contribution in [0.5, 0.6) is 0 Å². The van der Waals surface area contributed by atoms with Gasteiger partial charge in [-0.25, -0.2) is 17.6 Å². The highest BCUT2D eigenvalue weighted by molar-refractivity contribution is 7.91. The molecule has 0 aliphatic rings. The van der Waals surface area contributed by atoms with E-state index in [9.17, 15) is 17.6 Å². The van der Waals surface area contributed by atoms with E-state index in [0.29, 0.717) is 16.9 Å². The van der Waals surface area contributed by atoms with Crippen molar-refractivity contribution in [2.24, 2.45) is 0 Å². The zero-order chi connectivity index (χ0) is 17.7. The molecule has 0 aliphatic carbocycles. The van der Waals surface area contributed by atoms with Crippen LogP contribution < -0.4 is 10.6 Å². The van der Waals surface area contributed by atoms with E-state index in [1.165, 1.54) is 18.2 Å². The Hall–Kier alpha value is -2.41. The van der Waals surface area contributed by atoms with Crippen molar-refractivity contribution in [1.82, 2.24) is 0 Å². The van der Waals surface area contributed by atoms with Gasteiger partial charge >= 0.3 is 6.03 Å². The maximum absolute atomic E-state index is 13.1. The van der Waals surface area contributed by atoms with E-state index in [2.05, 4.69) is 10.6 Å². The summed E-state index contributed by atoms with van der Waals surface area (Å²) in [5.74, 6) is -0.482. The summed E-state index contributed by atoms with van der Waals surface area (Å²) in [5.41, 5.74) is 1.50. The molecule has 0 radical (unpaired) electrons. The fourth-order valence-electron chi connectivity index (χ4n) is 1.94. The molecular formula is C17H19FN2O3S. The van der Waals surface area contributed by atoms with Crippen LogP contribution in [0.2, 0.25) is 0 Å². The third-order valence-corrected chi connectivity index (χ3v) is 5.55. The Kier molecular flexibility index (Phi) is 5.56. The van der Waals surface area contributed by atoms with Crippen LogP contribution >= 0.6 is 0 Å². The molecule has 5 nitrogen and oxygen atoms in total. The molecule has 24 heavy (non-hydrogen) atoms. The Morgan fingerprint density at radius 3 is 2.25 bits per heavy atom. The lowest BCUT2D eigenvalue weighted by Crippen LogP contribution is -2.19. The fraction of sp³-hybridized carbons (Fsp3) is 0.235. The number of amides is 2. The van der Waals surface area contributed by atoms with Gasteiger partial charge in [-0.1, -0.05) is 18.2 Å². The lowest BCUT2D eigenvalue weighted by atomic mass is 10.2. The first-order valence-electron chi connectivity index (χ1n) is 7.40. The number of halogens is 1. The molecule has 0 saturated heterocycles. The van der Waals surface area contributed by atoms with Gasteiger partial charge in [0.15, 0.2) is 9.84 Å². The Bertz CT molecular complexity index is 818. The van der Waals surface area contributed by atoms with Gasteiger partial charge in [-0.05, 0) is 49.7 Å². The monoisotopic (exact) mass is 350 g/mol. The van der Waals surface area contributed by atoms with E-state index in [-0.39, 0.29) is 5.75 Å². The van der Waals surface area contributed by atoms with E-state index in [0.717, 1.165) is 0 Å². The molecule has 0 atom stereocenters. The summed E-state index contributed by atoms with van der Waals surface area (Å²) in [5, 5.41) is 4.68. The maximum Gasteiger partial charge on any atom is 0.323 e. The predicted octanol–water partition coefficient (Wildman–Crippen LogP) is 3.79. The van der Waals surface area contributed by atoms with Crippen LogP contribution in [0.25, 0.3) is 0 Å². The number of sulfone groups is 1. The highest BCUT2D eigenvalue weighted by Gasteiger charge is 2.16. The van der Waals surface area contributed by atoms with Crippen molar-refractivity contribution in [1.29, 1.82) is 0 Å². The minimum Gasteiger partial charge on any atom is -0.308 e. The number of rotatable bonds is 5. The summed E-state index contributed by atoms with van der Waals surface area (Å²) in [7, 11) is -3.17. The standard InChI is InChI=1S/C17H19FN2O3S/c1-12(2)24(22,23)11-13-6-8-15(9-7-13)19-17(21)20-16-5-3-4-14(18)10-16/h3-10,12H,11H2,1-2H3,(H2,19,20,21). The zero-order valence-electron chi connectivity index (χ0n) is 13.4. The van der Waals surface area contributed by atoms with Crippen molar-refractivity contribution in [2.45, 2.75) is 24.9 Å². The van der Waals surface area contributed by atoms with Gasteiger partial charge in [0.2, 0.25) is 0 Å². The number of benzene rings is 2. The number of carbonyl (C=O) groups is 1. The Balaban J connectivity index is 1.97. The smallest absolute Gasteiger partial charge is 0.308 e. The number of nitrogens with one attached hydrogen (secondary N) is 2. The van der Waals surface area contributed by atoms with Gasteiger partial charge < -0.3 is 10.6 Å². The molecule has 0 unspecified atom stereocenters. The minimum atomic E-state index is -3.17. The van der Waals surface area contributed by atoms with Crippen LogP contribution in [0.3, 0.4) is 0 Å². The van der Waals surface area contributed by atoms with E-state index in [4.69, 9.17) is 0 Å². The SMILES string of the molecule is CC(C)S(=O)(=O)Cc1ccc(NC(=O)Nc2cccc(F)c2)cc1. The minimum absolute atomic E-state index is 0.0412. The second kappa shape index (κ2) is 7.44. The van der Waals surface area contributed by atoms with Crippen LogP contribution in [0, 0.1) is 5.82 Å². The number of carbonyl (C=O) groups excluding carboxylic acids is 1. The van der Waals surface area contributed by atoms with Gasteiger partial charge in [-0.2, -0.15) is 0 Å². The highest BCUT2D eigenvalue weighted by atomic mass is 32.2. The Labute approximate surface area is 140 Å². The number of hydrogen-bond donors (Lipinski definition) is 2. The molecule has 0 bridgehead atoms. The van der Waals surface area contributed by atoms with Crippen molar-refractivity contribution in [3.63, 3.8) is 0 Å². The van der Waals surface area contributed by atoms with Gasteiger partial charge in [-0.15, -0.1) is 0 Å². The normalized spacial score (nSPS) is 11.3. The fourth-order valence-corrected chi connectivity index (χ4v) is 2.93. The van der Waals surface area contributed by atoms with Crippen molar-refractivity contribution >= 4 is 27.2 Å². The number of hydrogen-bond acceptors (Lipinski definition) is 3. The van der Waals surface area contributed by atoms with Crippen LogP contribution in [0.1, 0.15) is 19.4 Å². The van der Waals surface area contributed by atoms with Gasteiger partial charge in [0.05, 0.1) is 11.0 Å². The predicted molar refractivity (Wildman–Crippen MR) is 93.2 cm³/mol. The molecule has 7 heteroatoms. The summed E-state index contributed by atoms with van der Waals surface area (Å²) in [6, 6.07) is 11.6. The average Bonchev–Trinajstić information content (AvgIpc) is 2.48. The van der Waals surface area contributed by atoms with Gasteiger partial charge in [-0.3, -0.25) is 0 Å². The molecule has 2 N–H and O–H groups in total. The number of urea groups is 1. The largest absolute Gasteiger partial charge is 0.323 e. The lowest BCUT2D eigenvalue weighted by molar-refractivity contribution is 0.262. The van der Waals surface area contributed by atoms with Crippen molar-refractivity contribution in [2.75, 3.05) is 10.6 Å². The summed E-state index contributed by atoms with van der Waals surface area (Å²) in [4.78, 5) is 11.9. The van der Waals surface area contributed by atoms with Crippen LogP contribution in [-0.2, 0) is 15.6 Å². The first-order chi connectivity index (χ1) is 11.3. The van der Waals surface area contributed by atoms with Crippen molar-refractivity contribution in [3.05, 3.63) is 59.9 Å². The van der Waals surface area contributed by atoms with Crippen LogP contribution in [-0.4, -0.2) is 19.7 Å².